The van der Waals surface area contributed by atoms with E-state index in [-0.39, 0.29) is 31.1 Å². The molecule has 1 atom stereocenters. The molecule has 0 bridgehead atoms. The van der Waals surface area contributed by atoms with Crippen molar-refractivity contribution < 1.29 is 28.6 Å². The van der Waals surface area contributed by atoms with Gasteiger partial charge in [0, 0.05) is 19.3 Å². The van der Waals surface area contributed by atoms with E-state index in [1.165, 1.54) is 231 Å². The number of carbonyl (C=O) groups is 3. The molecule has 0 rings (SSSR count). The third-order valence-corrected chi connectivity index (χ3v) is 14.4. The lowest BCUT2D eigenvalue weighted by Crippen LogP contribution is -2.30. The first kappa shape index (κ1) is 69.6. The highest BCUT2D eigenvalue weighted by atomic mass is 16.6. The summed E-state index contributed by atoms with van der Waals surface area (Å²) in [7, 11) is 0. The molecule has 6 nitrogen and oxygen atoms in total. The van der Waals surface area contributed by atoms with Gasteiger partial charge < -0.3 is 14.2 Å². The van der Waals surface area contributed by atoms with Crippen molar-refractivity contribution in [3.05, 3.63) is 36.5 Å². The maximum atomic E-state index is 12.9. The molecular weight excluding hydrogens is 889 g/mol. The van der Waals surface area contributed by atoms with Gasteiger partial charge in [0.1, 0.15) is 13.2 Å². The fourth-order valence-corrected chi connectivity index (χ4v) is 9.57. The second kappa shape index (κ2) is 61.2. The SMILES string of the molecule is CCCCCCC/C=C\C/C=C\C/C=C\CCCCCCCCCCC(=O)OCC(COC(=O)CCCCCCCCCCCC)OC(=O)CCCCCCCCCCCCCCCCCCCCCCC. The zero-order valence-electron chi connectivity index (χ0n) is 48.5. The first-order valence-corrected chi connectivity index (χ1v) is 32.0. The molecule has 422 valence electrons. The Morgan fingerprint density at radius 2 is 0.500 bits per heavy atom. The monoisotopic (exact) mass is 1010 g/mol. The van der Waals surface area contributed by atoms with Crippen LogP contribution in [0.5, 0.6) is 0 Å². The molecule has 0 heterocycles. The van der Waals surface area contributed by atoms with Crippen LogP contribution >= 0.6 is 0 Å². The number of hydrogen-bond donors (Lipinski definition) is 0. The summed E-state index contributed by atoms with van der Waals surface area (Å²) in [6.45, 7) is 6.67. The van der Waals surface area contributed by atoms with E-state index < -0.39 is 6.10 Å². The fraction of sp³-hybridized carbons (Fsp3) is 0.864. The Bertz CT molecular complexity index is 1210. The van der Waals surface area contributed by atoms with Crippen LogP contribution in [0.2, 0.25) is 0 Å². The largest absolute Gasteiger partial charge is 0.462 e. The van der Waals surface area contributed by atoms with Gasteiger partial charge in [0.2, 0.25) is 0 Å². The van der Waals surface area contributed by atoms with E-state index in [1.54, 1.807) is 0 Å². The molecule has 0 radical (unpaired) electrons. The first-order chi connectivity index (χ1) is 35.5. The Morgan fingerprint density at radius 1 is 0.278 bits per heavy atom. The minimum atomic E-state index is -0.771. The summed E-state index contributed by atoms with van der Waals surface area (Å²) < 4.78 is 16.9. The quantitative estimate of drug-likeness (QED) is 0.0261. The van der Waals surface area contributed by atoms with Crippen LogP contribution in [0.1, 0.15) is 348 Å². The fourth-order valence-electron chi connectivity index (χ4n) is 9.57. The molecule has 0 aliphatic rings. The molecule has 6 heteroatoms. The molecule has 0 saturated heterocycles. The molecular formula is C66H122O6. The third kappa shape index (κ3) is 58.5. The number of rotatable bonds is 59. The Hall–Kier alpha value is -2.37. The average molecular weight is 1010 g/mol. The van der Waals surface area contributed by atoms with Crippen LogP contribution in [0, 0.1) is 0 Å². The Labute approximate surface area is 448 Å². The molecule has 0 amide bonds. The van der Waals surface area contributed by atoms with Crippen LogP contribution in [-0.4, -0.2) is 37.2 Å². The van der Waals surface area contributed by atoms with Crippen molar-refractivity contribution in [2.75, 3.05) is 13.2 Å². The van der Waals surface area contributed by atoms with Gasteiger partial charge in [0.05, 0.1) is 0 Å². The molecule has 0 aromatic carbocycles. The number of unbranched alkanes of at least 4 members (excludes halogenated alkanes) is 42. The van der Waals surface area contributed by atoms with Crippen molar-refractivity contribution >= 4 is 17.9 Å². The molecule has 0 aliphatic carbocycles. The van der Waals surface area contributed by atoms with Gasteiger partial charge in [-0.05, 0) is 57.8 Å². The number of carbonyl (C=O) groups excluding carboxylic acids is 3. The highest BCUT2D eigenvalue weighted by molar-refractivity contribution is 5.71. The maximum Gasteiger partial charge on any atom is 0.306 e. The van der Waals surface area contributed by atoms with E-state index in [0.29, 0.717) is 19.3 Å². The minimum absolute atomic E-state index is 0.0694. The smallest absolute Gasteiger partial charge is 0.306 e. The van der Waals surface area contributed by atoms with Crippen LogP contribution in [0.25, 0.3) is 0 Å². The minimum Gasteiger partial charge on any atom is -0.462 e. The molecule has 0 spiro atoms. The van der Waals surface area contributed by atoms with Gasteiger partial charge in [0.25, 0.3) is 0 Å². The molecule has 72 heavy (non-hydrogen) atoms. The second-order valence-corrected chi connectivity index (χ2v) is 21.7. The van der Waals surface area contributed by atoms with Gasteiger partial charge in [0.15, 0.2) is 6.10 Å². The van der Waals surface area contributed by atoms with Gasteiger partial charge >= 0.3 is 17.9 Å². The van der Waals surface area contributed by atoms with E-state index in [4.69, 9.17) is 14.2 Å². The summed E-state index contributed by atoms with van der Waals surface area (Å²) >= 11 is 0. The van der Waals surface area contributed by atoms with E-state index >= 15 is 0 Å². The standard InChI is InChI=1S/C66H122O6/c1-4-7-10-13-16-19-22-24-26-28-30-32-33-35-36-38-40-42-44-47-50-53-56-59-65(68)71-62-63(61-70-64(67)58-55-52-49-46-21-18-15-12-9-6-3)72-66(69)60-57-54-51-48-45-43-41-39-37-34-31-29-27-25-23-20-17-14-11-8-5-2/h22,24,28,30,33,35,63H,4-21,23,25-27,29,31-32,34,36-62H2,1-3H3/b24-22-,30-28-,35-33-. The highest BCUT2D eigenvalue weighted by Crippen LogP contribution is 2.18. The highest BCUT2D eigenvalue weighted by Gasteiger charge is 2.19. The predicted molar refractivity (Wildman–Crippen MR) is 312 cm³/mol. The van der Waals surface area contributed by atoms with Gasteiger partial charge in [-0.3, -0.25) is 14.4 Å². The van der Waals surface area contributed by atoms with Crippen LogP contribution in [-0.2, 0) is 28.6 Å². The predicted octanol–water partition coefficient (Wildman–Crippen LogP) is 21.6. The summed E-state index contributed by atoms with van der Waals surface area (Å²) in [6.07, 6.45) is 74.4. The molecule has 0 saturated carbocycles. The van der Waals surface area contributed by atoms with Crippen LogP contribution < -0.4 is 0 Å². The molecule has 0 aromatic rings. The van der Waals surface area contributed by atoms with Crippen LogP contribution in [0.3, 0.4) is 0 Å². The number of ether oxygens (including phenoxy) is 3. The van der Waals surface area contributed by atoms with E-state index in [2.05, 4.69) is 57.2 Å². The average Bonchev–Trinajstić information content (AvgIpc) is 3.38. The summed E-state index contributed by atoms with van der Waals surface area (Å²) in [5, 5.41) is 0. The Balaban J connectivity index is 4.23. The number of esters is 3. The molecule has 0 N–H and O–H groups in total. The molecule has 0 aromatic heterocycles. The van der Waals surface area contributed by atoms with Gasteiger partial charge in [-0.25, -0.2) is 0 Å². The third-order valence-electron chi connectivity index (χ3n) is 14.4. The zero-order chi connectivity index (χ0) is 52.2. The zero-order valence-corrected chi connectivity index (χ0v) is 48.5. The molecule has 0 aliphatic heterocycles. The summed E-state index contributed by atoms with van der Waals surface area (Å²) in [5.74, 6) is -0.855. The van der Waals surface area contributed by atoms with Crippen molar-refractivity contribution in [2.45, 2.75) is 354 Å². The topological polar surface area (TPSA) is 78.9 Å². The normalized spacial score (nSPS) is 12.2. The van der Waals surface area contributed by atoms with Crippen LogP contribution in [0.15, 0.2) is 36.5 Å². The van der Waals surface area contributed by atoms with Crippen molar-refractivity contribution in [3.8, 4) is 0 Å². The van der Waals surface area contributed by atoms with Crippen molar-refractivity contribution in [3.63, 3.8) is 0 Å². The maximum absolute atomic E-state index is 12.9. The lowest BCUT2D eigenvalue weighted by molar-refractivity contribution is -0.167. The van der Waals surface area contributed by atoms with Crippen molar-refractivity contribution in [1.82, 2.24) is 0 Å². The van der Waals surface area contributed by atoms with Gasteiger partial charge in [-0.1, -0.05) is 308 Å². The van der Waals surface area contributed by atoms with E-state index in [1.807, 2.05) is 0 Å². The molecule has 0 fully saturated rings. The Morgan fingerprint density at radius 3 is 0.778 bits per heavy atom. The number of hydrogen-bond acceptors (Lipinski definition) is 6. The summed E-state index contributed by atoms with van der Waals surface area (Å²) in [6, 6.07) is 0. The Kier molecular flexibility index (Phi) is 59.2. The van der Waals surface area contributed by atoms with E-state index in [0.717, 1.165) is 77.0 Å². The van der Waals surface area contributed by atoms with Crippen LogP contribution in [0.4, 0.5) is 0 Å². The first-order valence-electron chi connectivity index (χ1n) is 32.0. The van der Waals surface area contributed by atoms with E-state index in [9.17, 15) is 14.4 Å². The lowest BCUT2D eigenvalue weighted by Gasteiger charge is -2.18. The van der Waals surface area contributed by atoms with Gasteiger partial charge in [-0.15, -0.1) is 0 Å². The van der Waals surface area contributed by atoms with Crippen molar-refractivity contribution in [1.29, 1.82) is 0 Å². The summed E-state index contributed by atoms with van der Waals surface area (Å²) in [5.41, 5.74) is 0. The number of allylic oxidation sites excluding steroid dienone is 6. The van der Waals surface area contributed by atoms with Crippen molar-refractivity contribution in [2.24, 2.45) is 0 Å². The second-order valence-electron chi connectivity index (χ2n) is 21.7. The summed E-state index contributed by atoms with van der Waals surface area (Å²) in [4.78, 5) is 38.2. The van der Waals surface area contributed by atoms with Gasteiger partial charge in [-0.2, -0.15) is 0 Å². The molecule has 1 unspecified atom stereocenters. The lowest BCUT2D eigenvalue weighted by atomic mass is 10.0.